The Hall–Kier alpha value is -2.08. The second kappa shape index (κ2) is 9.22. The lowest BCUT2D eigenvalue weighted by Crippen LogP contribution is -3.06. The highest BCUT2D eigenvalue weighted by molar-refractivity contribution is 5.79. The normalized spacial score (nSPS) is 16.9. The molecule has 0 saturated carbocycles. The molecule has 1 atom stereocenters. The van der Waals surface area contributed by atoms with Crippen molar-refractivity contribution in [3.05, 3.63) is 35.9 Å². The predicted molar refractivity (Wildman–Crippen MR) is 106 cm³/mol. The first-order valence-electron chi connectivity index (χ1n) is 9.78. The highest BCUT2D eigenvalue weighted by atomic mass is 16.6. The van der Waals surface area contributed by atoms with E-state index >= 15 is 0 Å². The van der Waals surface area contributed by atoms with E-state index in [1.54, 1.807) is 4.90 Å². The number of piperidine rings is 1. The van der Waals surface area contributed by atoms with E-state index in [1.165, 1.54) is 4.90 Å². The van der Waals surface area contributed by atoms with Crippen molar-refractivity contribution in [1.29, 1.82) is 0 Å². The van der Waals surface area contributed by atoms with E-state index in [1.807, 2.05) is 39.0 Å². The zero-order valence-corrected chi connectivity index (χ0v) is 17.2. The van der Waals surface area contributed by atoms with Crippen LogP contribution in [0, 0.1) is 5.92 Å². The molecule has 27 heavy (non-hydrogen) atoms. The minimum atomic E-state index is -0.497. The van der Waals surface area contributed by atoms with Crippen molar-refractivity contribution in [2.75, 3.05) is 33.7 Å². The number of likely N-dealkylation sites (N-methyl/N-ethyl adjacent to an activating group) is 1. The second-order valence-corrected chi connectivity index (χ2v) is 8.62. The van der Waals surface area contributed by atoms with Crippen LogP contribution >= 0.6 is 0 Å². The summed E-state index contributed by atoms with van der Waals surface area (Å²) in [4.78, 5) is 28.0. The molecule has 0 spiro atoms. The van der Waals surface area contributed by atoms with Gasteiger partial charge in [-0.15, -0.1) is 0 Å². The number of quaternary nitrogens is 1. The van der Waals surface area contributed by atoms with E-state index in [-0.39, 0.29) is 24.0 Å². The largest absolute Gasteiger partial charge is 0.444 e. The van der Waals surface area contributed by atoms with Gasteiger partial charge < -0.3 is 19.9 Å². The molecule has 1 aliphatic rings. The molecule has 2 N–H and O–H groups in total. The molecular formula is C21H34N3O3+. The fraction of sp³-hybridized carbons (Fsp3) is 0.619. The SMILES string of the molecule is C[NH+](C)C[C@@H](NC(=O)C1CCN(C(=O)OC(C)(C)C)CC1)c1ccccc1. The zero-order valence-electron chi connectivity index (χ0n) is 17.2. The van der Waals surface area contributed by atoms with E-state index in [9.17, 15) is 9.59 Å². The summed E-state index contributed by atoms with van der Waals surface area (Å²) < 4.78 is 5.42. The van der Waals surface area contributed by atoms with Gasteiger partial charge in [-0.1, -0.05) is 30.3 Å². The standard InChI is InChI=1S/C21H33N3O3/c1-21(2,3)27-20(26)24-13-11-17(12-14-24)19(25)22-18(15-23(4)5)16-9-7-6-8-10-16/h6-10,17-18H,11-15H2,1-5H3,(H,22,25)/p+1/t18-/m1/s1. The average Bonchev–Trinajstić information content (AvgIpc) is 2.60. The van der Waals surface area contributed by atoms with Crippen LogP contribution in [-0.4, -0.2) is 56.2 Å². The molecule has 1 fully saturated rings. The molecule has 1 aromatic carbocycles. The van der Waals surface area contributed by atoms with Crippen molar-refractivity contribution in [3.8, 4) is 0 Å². The maximum absolute atomic E-state index is 12.8. The Bertz CT molecular complexity index is 617. The number of amides is 2. The highest BCUT2D eigenvalue weighted by Crippen LogP contribution is 2.21. The molecule has 6 nitrogen and oxygen atoms in total. The van der Waals surface area contributed by atoms with Crippen LogP contribution in [0.3, 0.4) is 0 Å². The summed E-state index contributed by atoms with van der Waals surface area (Å²) in [5, 5.41) is 3.22. The fourth-order valence-electron chi connectivity index (χ4n) is 3.29. The Morgan fingerprint density at radius 3 is 2.30 bits per heavy atom. The monoisotopic (exact) mass is 376 g/mol. The first-order chi connectivity index (χ1) is 12.7. The Balaban J connectivity index is 1.91. The van der Waals surface area contributed by atoms with Gasteiger partial charge in [0, 0.05) is 19.0 Å². The van der Waals surface area contributed by atoms with Gasteiger partial charge in [-0.05, 0) is 39.2 Å². The third-order valence-electron chi connectivity index (χ3n) is 4.65. The number of ether oxygens (including phenoxy) is 1. The van der Waals surface area contributed by atoms with Crippen molar-refractivity contribution in [2.45, 2.75) is 45.3 Å². The average molecular weight is 377 g/mol. The molecule has 0 aliphatic carbocycles. The summed E-state index contributed by atoms with van der Waals surface area (Å²) in [6.07, 6.45) is 1.04. The van der Waals surface area contributed by atoms with Crippen molar-refractivity contribution in [3.63, 3.8) is 0 Å². The summed E-state index contributed by atoms with van der Waals surface area (Å²) in [6.45, 7) is 7.53. The predicted octanol–water partition coefficient (Wildman–Crippen LogP) is 1.64. The van der Waals surface area contributed by atoms with Crippen molar-refractivity contribution < 1.29 is 19.2 Å². The van der Waals surface area contributed by atoms with Crippen LogP contribution < -0.4 is 10.2 Å². The van der Waals surface area contributed by atoms with Crippen LogP contribution in [0.25, 0.3) is 0 Å². The first-order valence-corrected chi connectivity index (χ1v) is 9.78. The quantitative estimate of drug-likeness (QED) is 0.821. The Labute approximate surface area is 162 Å². The summed E-state index contributed by atoms with van der Waals surface area (Å²) in [5.74, 6) is 0.0148. The zero-order chi connectivity index (χ0) is 20.0. The fourth-order valence-corrected chi connectivity index (χ4v) is 3.29. The molecule has 2 rings (SSSR count). The van der Waals surface area contributed by atoms with E-state index in [4.69, 9.17) is 4.74 Å². The lowest BCUT2D eigenvalue weighted by atomic mass is 9.95. The summed E-state index contributed by atoms with van der Waals surface area (Å²) >= 11 is 0. The van der Waals surface area contributed by atoms with Crippen molar-refractivity contribution >= 4 is 12.0 Å². The molecule has 1 heterocycles. The molecule has 1 aliphatic heterocycles. The molecule has 6 heteroatoms. The maximum atomic E-state index is 12.8. The van der Waals surface area contributed by atoms with Gasteiger partial charge in [0.25, 0.3) is 0 Å². The van der Waals surface area contributed by atoms with Gasteiger partial charge in [-0.25, -0.2) is 4.79 Å². The first kappa shape index (κ1) is 21.2. The number of likely N-dealkylation sites (tertiary alicyclic amines) is 1. The van der Waals surface area contributed by atoms with Gasteiger partial charge in [-0.3, -0.25) is 4.79 Å². The van der Waals surface area contributed by atoms with Gasteiger partial charge in [0.1, 0.15) is 18.2 Å². The third-order valence-corrected chi connectivity index (χ3v) is 4.65. The number of hydrogen-bond acceptors (Lipinski definition) is 3. The third kappa shape index (κ3) is 6.86. The Morgan fingerprint density at radius 1 is 1.19 bits per heavy atom. The van der Waals surface area contributed by atoms with Crippen LogP contribution in [0.1, 0.15) is 45.2 Å². The topological polar surface area (TPSA) is 63.1 Å². The van der Waals surface area contributed by atoms with E-state index < -0.39 is 5.60 Å². The van der Waals surface area contributed by atoms with Gasteiger partial charge in [0.05, 0.1) is 14.1 Å². The number of hydrogen-bond donors (Lipinski definition) is 2. The maximum Gasteiger partial charge on any atom is 0.410 e. The Morgan fingerprint density at radius 2 is 1.78 bits per heavy atom. The van der Waals surface area contributed by atoms with Crippen LogP contribution in [0.4, 0.5) is 4.79 Å². The number of nitrogens with one attached hydrogen (secondary N) is 2. The number of benzene rings is 1. The summed E-state index contributed by atoms with van der Waals surface area (Å²) in [6, 6.07) is 10.1. The number of nitrogens with zero attached hydrogens (tertiary/aromatic N) is 1. The minimum Gasteiger partial charge on any atom is -0.444 e. The van der Waals surface area contributed by atoms with Crippen LogP contribution in [0.15, 0.2) is 30.3 Å². The lowest BCUT2D eigenvalue weighted by molar-refractivity contribution is -0.860. The summed E-state index contributed by atoms with van der Waals surface area (Å²) in [7, 11) is 4.17. The molecule has 1 aromatic rings. The molecule has 0 unspecified atom stereocenters. The smallest absolute Gasteiger partial charge is 0.410 e. The minimum absolute atomic E-state index is 0.00687. The lowest BCUT2D eigenvalue weighted by Gasteiger charge is -2.33. The number of rotatable bonds is 5. The Kier molecular flexibility index (Phi) is 7.25. The van der Waals surface area contributed by atoms with E-state index in [2.05, 4.69) is 31.5 Å². The molecule has 150 valence electrons. The molecule has 0 bridgehead atoms. The van der Waals surface area contributed by atoms with Gasteiger partial charge >= 0.3 is 6.09 Å². The molecular weight excluding hydrogens is 342 g/mol. The van der Waals surface area contributed by atoms with Gasteiger partial charge in [0.15, 0.2) is 0 Å². The molecule has 0 radical (unpaired) electrons. The molecule has 2 amide bonds. The number of carbonyl (C=O) groups is 2. The van der Waals surface area contributed by atoms with Crippen LogP contribution in [0.2, 0.25) is 0 Å². The van der Waals surface area contributed by atoms with Crippen molar-refractivity contribution in [2.24, 2.45) is 5.92 Å². The van der Waals surface area contributed by atoms with E-state index in [0.717, 1.165) is 12.1 Å². The van der Waals surface area contributed by atoms with Gasteiger partial charge in [0.2, 0.25) is 5.91 Å². The van der Waals surface area contributed by atoms with Crippen LogP contribution in [-0.2, 0) is 9.53 Å². The molecule has 0 aromatic heterocycles. The van der Waals surface area contributed by atoms with E-state index in [0.29, 0.717) is 25.9 Å². The molecule has 1 saturated heterocycles. The second-order valence-electron chi connectivity index (χ2n) is 8.62. The number of carbonyl (C=O) groups excluding carboxylic acids is 2. The van der Waals surface area contributed by atoms with Crippen LogP contribution in [0.5, 0.6) is 0 Å². The summed E-state index contributed by atoms with van der Waals surface area (Å²) in [5.41, 5.74) is 0.626. The highest BCUT2D eigenvalue weighted by Gasteiger charge is 2.31. The van der Waals surface area contributed by atoms with Gasteiger partial charge in [-0.2, -0.15) is 0 Å². The van der Waals surface area contributed by atoms with Crippen molar-refractivity contribution in [1.82, 2.24) is 10.2 Å².